The number of aliphatic hydroxyl groups excluding tert-OH is 1. The van der Waals surface area contributed by atoms with E-state index in [1.807, 2.05) is 34.6 Å². The van der Waals surface area contributed by atoms with Crippen LogP contribution in [0.3, 0.4) is 0 Å². The molecule has 1 unspecified atom stereocenters. The molecule has 358 valence electrons. The molecule has 2 heterocycles. The van der Waals surface area contributed by atoms with Crippen LogP contribution in [-0.4, -0.2) is 122 Å². The average Bonchev–Trinajstić information content (AvgIpc) is 3.17. The van der Waals surface area contributed by atoms with E-state index in [2.05, 4.69) is 49.1 Å². The van der Waals surface area contributed by atoms with Crippen LogP contribution < -0.4 is 17.2 Å². The van der Waals surface area contributed by atoms with Gasteiger partial charge in [0.15, 0.2) is 18.3 Å². The van der Waals surface area contributed by atoms with Gasteiger partial charge in [0.1, 0.15) is 12.4 Å². The molecule has 9 N–H and O–H groups in total. The average molecular weight is 883 g/mol. The standard InChI is InChI=1S/C27H44N4O.C12H18O8.C5H12O.C2H4O.H2O.H2/c1-5-27(13-14-28)12-8-16-31(19-27)15-7-6-9-22-10-11-23(21(4)17-22)18-24(26(30)32)25(29)20(2)3;1-6(14)18-10-5-17-9(4-13)11(19-7(2)15)12(10)20-8(3)16;1-5(2,3)6-4;1-2-3;;/h6,9-11,17,20H,5,7-8,12-16,18-19,28-29H2,1-4H3,(H2,30,32);9-13H,4-5H2,1-3H3;1-4H3;2H,1H3;1H2;1H/b9-6+,25-24-;;;;;/t;9-,10+,11-,12-;;;;/m.1..../s1. The molecule has 1 aromatic rings. The number of carbonyl (C=O) groups excluding carboxylic acids is 5. The number of primary amides is 1. The second-order valence-electron chi connectivity index (χ2n) is 16.7. The minimum absolute atomic E-state index is 0. The van der Waals surface area contributed by atoms with Gasteiger partial charge in [-0.05, 0) is 108 Å². The molecule has 5 atom stereocenters. The molecular formula is C46H82N4O12. The lowest BCUT2D eigenvalue weighted by molar-refractivity contribution is -0.229. The third-order valence-corrected chi connectivity index (χ3v) is 10.3. The number of esters is 3. The van der Waals surface area contributed by atoms with Crippen LogP contribution in [-0.2, 0) is 54.1 Å². The molecule has 0 bridgehead atoms. The summed E-state index contributed by atoms with van der Waals surface area (Å²) >= 11 is 0. The van der Waals surface area contributed by atoms with E-state index in [1.54, 1.807) is 7.11 Å². The lowest BCUT2D eigenvalue weighted by Gasteiger charge is -2.42. The first-order chi connectivity index (χ1) is 28.5. The molecule has 16 heteroatoms. The van der Waals surface area contributed by atoms with Crippen molar-refractivity contribution in [2.75, 3.05) is 46.5 Å². The van der Waals surface area contributed by atoms with Crippen molar-refractivity contribution in [2.45, 2.75) is 145 Å². The number of nitrogens with zero attached hydrogens (tertiary/aromatic N) is 1. The summed E-state index contributed by atoms with van der Waals surface area (Å²) < 4.78 is 25.3. The van der Waals surface area contributed by atoms with Crippen LogP contribution in [0, 0.1) is 18.3 Å². The summed E-state index contributed by atoms with van der Waals surface area (Å²) in [4.78, 5) is 56.6. The maximum Gasteiger partial charge on any atom is 0.303 e. The number of aldehydes is 1. The Labute approximate surface area is 372 Å². The highest BCUT2D eigenvalue weighted by atomic mass is 16.6. The number of hydrogen-bond donors (Lipinski definition) is 4. The van der Waals surface area contributed by atoms with Gasteiger partial charge in [-0.3, -0.25) is 19.2 Å². The number of aryl methyl sites for hydroxylation is 1. The largest absolute Gasteiger partial charge is 0.456 e. The molecule has 1 aromatic carbocycles. The summed E-state index contributed by atoms with van der Waals surface area (Å²) in [5.41, 5.74) is 22.6. The first-order valence-electron chi connectivity index (χ1n) is 21.2. The molecule has 2 saturated heterocycles. The number of rotatable bonds is 15. The number of nitrogens with two attached hydrogens (primary N) is 3. The second-order valence-corrected chi connectivity index (χ2v) is 16.7. The van der Waals surface area contributed by atoms with Crippen molar-refractivity contribution in [3.8, 4) is 0 Å². The highest BCUT2D eigenvalue weighted by Gasteiger charge is 2.46. The van der Waals surface area contributed by atoms with E-state index in [1.165, 1.54) is 65.6 Å². The van der Waals surface area contributed by atoms with E-state index in [-0.39, 0.29) is 25.0 Å². The van der Waals surface area contributed by atoms with E-state index in [0.29, 0.717) is 23.1 Å². The molecule has 0 saturated carbocycles. The molecule has 1 amide bonds. The Kier molecular flexibility index (Phi) is 29.7. The van der Waals surface area contributed by atoms with Crippen LogP contribution >= 0.6 is 0 Å². The quantitative estimate of drug-likeness (QED) is 0.0826. The Hall–Kier alpha value is -4.19. The zero-order chi connectivity index (χ0) is 46.9. The SMILES string of the molecule is CC(=O)O[C@H]1[C@H](OC(C)=O)[C@@H](CO)OC[C@@H]1OC(C)=O.CC=O.CCC1(CCN)CCCN(CC/C=C/c2ccc(C/C(C(N)=O)=C(/N)C(C)C)c(C)c2)C1.COC(C)(C)C.O.[HH]. The number of likely N-dealkylation sites (tertiary alicyclic amines) is 1. The van der Waals surface area contributed by atoms with Gasteiger partial charge in [0, 0.05) is 60.1 Å². The lowest BCUT2D eigenvalue weighted by atomic mass is 9.75. The number of amides is 1. The molecule has 16 nitrogen and oxygen atoms in total. The van der Waals surface area contributed by atoms with Gasteiger partial charge in [-0.2, -0.15) is 0 Å². The molecule has 0 aliphatic carbocycles. The van der Waals surface area contributed by atoms with Crippen molar-refractivity contribution in [1.82, 2.24) is 4.90 Å². The maximum absolute atomic E-state index is 11.9. The van der Waals surface area contributed by atoms with Gasteiger partial charge in [0.2, 0.25) is 5.91 Å². The van der Waals surface area contributed by atoms with Gasteiger partial charge in [-0.25, -0.2) is 0 Å². The number of aliphatic hydroxyl groups is 1. The number of methoxy groups -OCH3 is 1. The monoisotopic (exact) mass is 883 g/mol. The van der Waals surface area contributed by atoms with E-state index in [0.717, 1.165) is 43.3 Å². The zero-order valence-corrected chi connectivity index (χ0v) is 39.5. The molecule has 62 heavy (non-hydrogen) atoms. The smallest absolute Gasteiger partial charge is 0.303 e. The van der Waals surface area contributed by atoms with Crippen molar-refractivity contribution in [1.29, 1.82) is 0 Å². The Morgan fingerprint density at radius 3 is 2.06 bits per heavy atom. The van der Waals surface area contributed by atoms with Crippen molar-refractivity contribution in [3.63, 3.8) is 0 Å². The summed E-state index contributed by atoms with van der Waals surface area (Å²) in [5.74, 6) is -2.17. The Balaban J connectivity index is -0.000000990. The molecule has 2 aliphatic heterocycles. The number of piperidine rings is 1. The van der Waals surface area contributed by atoms with Crippen molar-refractivity contribution >= 4 is 36.2 Å². The molecule has 0 aromatic heterocycles. The number of allylic oxidation sites excluding steroid dienone is 1. The first kappa shape index (κ1) is 59.9. The molecule has 0 radical (unpaired) electrons. The summed E-state index contributed by atoms with van der Waals surface area (Å²) in [6.07, 6.45) is 7.87. The van der Waals surface area contributed by atoms with Gasteiger partial charge < -0.3 is 61.2 Å². The summed E-state index contributed by atoms with van der Waals surface area (Å²) in [6.45, 7) is 23.2. The van der Waals surface area contributed by atoms with Crippen LogP contribution in [0.1, 0.15) is 119 Å². The van der Waals surface area contributed by atoms with Crippen LogP contribution in [0.15, 0.2) is 35.5 Å². The van der Waals surface area contributed by atoms with E-state index in [4.69, 9.17) is 45.7 Å². The van der Waals surface area contributed by atoms with Crippen LogP contribution in [0.25, 0.3) is 6.08 Å². The van der Waals surface area contributed by atoms with E-state index < -0.39 is 54.8 Å². The number of hydrogen-bond acceptors (Lipinski definition) is 14. The van der Waals surface area contributed by atoms with Crippen LogP contribution in [0.5, 0.6) is 0 Å². The third kappa shape index (κ3) is 23.3. The lowest BCUT2D eigenvalue weighted by Crippen LogP contribution is -2.58. The van der Waals surface area contributed by atoms with Gasteiger partial charge >= 0.3 is 17.9 Å². The van der Waals surface area contributed by atoms with Crippen LogP contribution in [0.2, 0.25) is 0 Å². The third-order valence-electron chi connectivity index (χ3n) is 10.3. The van der Waals surface area contributed by atoms with Crippen molar-refractivity contribution < 1.29 is 59.7 Å². The number of ether oxygens (including phenoxy) is 5. The fraction of sp³-hybridized carbons (Fsp3) is 0.674. The van der Waals surface area contributed by atoms with Gasteiger partial charge in [0.25, 0.3) is 0 Å². The maximum atomic E-state index is 11.9. The highest BCUT2D eigenvalue weighted by molar-refractivity contribution is 5.93. The Bertz CT molecular complexity index is 1580. The minimum atomic E-state index is -1.04. The number of benzene rings is 1. The van der Waals surface area contributed by atoms with Crippen LogP contribution in [0.4, 0.5) is 0 Å². The molecular weight excluding hydrogens is 801 g/mol. The van der Waals surface area contributed by atoms with E-state index in [9.17, 15) is 24.3 Å². The van der Waals surface area contributed by atoms with E-state index >= 15 is 0 Å². The normalized spacial score (nSPS) is 21.5. The predicted molar refractivity (Wildman–Crippen MR) is 244 cm³/mol. The first-order valence-corrected chi connectivity index (χ1v) is 21.2. The summed E-state index contributed by atoms with van der Waals surface area (Å²) in [6, 6.07) is 6.35. The molecule has 0 spiro atoms. The summed E-state index contributed by atoms with van der Waals surface area (Å²) in [5, 5.41) is 9.23. The van der Waals surface area contributed by atoms with Gasteiger partial charge in [0.05, 0.1) is 18.8 Å². The summed E-state index contributed by atoms with van der Waals surface area (Å²) in [7, 11) is 1.71. The Morgan fingerprint density at radius 1 is 1.05 bits per heavy atom. The van der Waals surface area contributed by atoms with Gasteiger partial charge in [-0.15, -0.1) is 0 Å². The zero-order valence-electron chi connectivity index (χ0n) is 39.5. The molecule has 2 aliphatic rings. The highest BCUT2D eigenvalue weighted by Crippen LogP contribution is 2.36. The molecule has 2 fully saturated rings. The van der Waals surface area contributed by atoms with Gasteiger partial charge in [-0.1, -0.05) is 51.1 Å². The molecule has 3 rings (SSSR count). The van der Waals surface area contributed by atoms with Crippen molar-refractivity contribution in [2.24, 2.45) is 28.5 Å². The predicted octanol–water partition coefficient (Wildman–Crippen LogP) is 4.37. The second kappa shape index (κ2) is 30.8. The Morgan fingerprint density at radius 2 is 1.61 bits per heavy atom. The topological polar surface area (TPSA) is 265 Å². The number of carbonyl (C=O) groups is 5. The minimum Gasteiger partial charge on any atom is -0.456 e. The van der Waals surface area contributed by atoms with Crippen molar-refractivity contribution in [3.05, 3.63) is 52.2 Å². The fourth-order valence-electron chi connectivity index (χ4n) is 6.82. The fourth-order valence-corrected chi connectivity index (χ4v) is 6.82.